The lowest BCUT2D eigenvalue weighted by Crippen LogP contribution is -2.49. The predicted octanol–water partition coefficient (Wildman–Crippen LogP) is 1.43. The van der Waals surface area contributed by atoms with Gasteiger partial charge in [0.1, 0.15) is 19.0 Å². The lowest BCUT2D eigenvalue weighted by molar-refractivity contribution is -0.139. The summed E-state index contributed by atoms with van der Waals surface area (Å²) in [6.07, 6.45) is -0.324. The number of anilines is 1. The second kappa shape index (κ2) is 11.7. The summed E-state index contributed by atoms with van der Waals surface area (Å²) >= 11 is 0. The molecule has 1 heterocycles. The van der Waals surface area contributed by atoms with Gasteiger partial charge in [-0.3, -0.25) is 14.3 Å². The quantitative estimate of drug-likeness (QED) is 0.648. The summed E-state index contributed by atoms with van der Waals surface area (Å²) in [5, 5.41) is 0. The lowest BCUT2D eigenvalue weighted by atomic mass is 10.0. The zero-order chi connectivity index (χ0) is 24.8. The van der Waals surface area contributed by atoms with Gasteiger partial charge in [-0.2, -0.15) is 0 Å². The van der Waals surface area contributed by atoms with Crippen molar-refractivity contribution in [1.29, 1.82) is 0 Å². The van der Waals surface area contributed by atoms with E-state index >= 15 is 0 Å². The van der Waals surface area contributed by atoms with Gasteiger partial charge in [-0.15, -0.1) is 0 Å². The molecule has 0 spiro atoms. The monoisotopic (exact) mass is 485 g/mol. The highest BCUT2D eigenvalue weighted by Crippen LogP contribution is 2.27. The molecule has 1 aromatic carbocycles. The minimum absolute atomic E-state index is 0.0510. The molecular weight excluding hydrogens is 450 g/mol. The molecule has 2 rings (SSSR count). The van der Waals surface area contributed by atoms with Crippen molar-refractivity contribution in [3.05, 3.63) is 23.8 Å². The minimum atomic E-state index is -3.51. The molecule has 0 unspecified atom stereocenters. The van der Waals surface area contributed by atoms with Crippen LogP contribution in [0.1, 0.15) is 31.1 Å². The molecule has 1 aliphatic rings. The topological polar surface area (TPSA) is 114 Å². The highest BCUT2D eigenvalue weighted by molar-refractivity contribution is 7.92. The Morgan fingerprint density at radius 1 is 1.24 bits per heavy atom. The largest absolute Gasteiger partial charge is 0.491 e. The van der Waals surface area contributed by atoms with Crippen molar-refractivity contribution in [2.75, 3.05) is 58.0 Å². The first-order chi connectivity index (χ1) is 15.5. The van der Waals surface area contributed by atoms with Crippen molar-refractivity contribution < 1.29 is 32.2 Å². The summed E-state index contributed by atoms with van der Waals surface area (Å²) in [7, 11) is 1.18. The van der Waals surface area contributed by atoms with Crippen LogP contribution in [0.2, 0.25) is 0 Å². The minimum Gasteiger partial charge on any atom is -0.491 e. The van der Waals surface area contributed by atoms with Crippen molar-refractivity contribution >= 4 is 27.5 Å². The number of benzene rings is 1. The number of rotatable bonds is 6. The molecule has 0 aliphatic carbocycles. The Hall–Kier alpha value is -2.37. The van der Waals surface area contributed by atoms with E-state index in [2.05, 4.69) is 4.72 Å². The SMILES string of the molecule is CCS(=O)(=O)Nc1ccc2c(c1)C(=O)N(C)C[C@H](OC)[C@H](C)CN(C(=O)COC)[C@@H](C)CO2. The molecule has 0 bridgehead atoms. The zero-order valence-electron chi connectivity index (χ0n) is 20.2. The van der Waals surface area contributed by atoms with Crippen LogP contribution < -0.4 is 9.46 Å². The van der Waals surface area contributed by atoms with E-state index in [1.54, 1.807) is 31.2 Å². The molecule has 1 N–H and O–H groups in total. The average molecular weight is 486 g/mol. The van der Waals surface area contributed by atoms with Crippen molar-refractivity contribution in [2.45, 2.75) is 32.9 Å². The molecule has 186 valence electrons. The third-order valence-corrected chi connectivity index (χ3v) is 6.99. The fourth-order valence-corrected chi connectivity index (χ4v) is 4.28. The standard InChI is InChI=1S/C22H35N3O7S/c1-7-33(28,29)23-17-8-9-19-18(10-17)22(27)24(4)12-20(31-6)15(2)11-25(16(3)13-32-19)21(26)14-30-5/h8-10,15-16,20,23H,7,11-14H2,1-6H3/t15-,16+,20+/m1/s1. The maximum absolute atomic E-state index is 13.3. The molecule has 2 amide bonds. The molecule has 1 aromatic rings. The number of nitrogens with one attached hydrogen (secondary N) is 1. The van der Waals surface area contributed by atoms with Gasteiger partial charge in [0.2, 0.25) is 15.9 Å². The van der Waals surface area contributed by atoms with Crippen molar-refractivity contribution in [2.24, 2.45) is 5.92 Å². The van der Waals surface area contributed by atoms with Gasteiger partial charge in [0.25, 0.3) is 5.91 Å². The lowest BCUT2D eigenvalue weighted by Gasteiger charge is -2.36. The Labute approximate surface area is 196 Å². The van der Waals surface area contributed by atoms with E-state index < -0.39 is 10.0 Å². The normalized spacial score (nSPS) is 22.6. The molecule has 0 saturated heterocycles. The van der Waals surface area contributed by atoms with E-state index in [0.29, 0.717) is 12.3 Å². The molecule has 0 aromatic heterocycles. The number of carbonyl (C=O) groups is 2. The van der Waals surface area contributed by atoms with Gasteiger partial charge >= 0.3 is 0 Å². The summed E-state index contributed by atoms with van der Waals surface area (Å²) < 4.78 is 43.1. The molecular formula is C22H35N3O7S. The van der Waals surface area contributed by atoms with Gasteiger partial charge in [0.15, 0.2) is 0 Å². The first-order valence-electron chi connectivity index (χ1n) is 10.9. The smallest absolute Gasteiger partial charge is 0.257 e. The van der Waals surface area contributed by atoms with Gasteiger partial charge in [-0.25, -0.2) is 8.42 Å². The van der Waals surface area contributed by atoms with Crippen LogP contribution in [0, 0.1) is 5.92 Å². The molecule has 0 saturated carbocycles. The second-order valence-corrected chi connectivity index (χ2v) is 10.3. The van der Waals surface area contributed by atoms with E-state index in [9.17, 15) is 18.0 Å². The second-order valence-electron chi connectivity index (χ2n) is 8.29. The van der Waals surface area contributed by atoms with Crippen molar-refractivity contribution in [3.63, 3.8) is 0 Å². The third-order valence-electron chi connectivity index (χ3n) is 5.69. The van der Waals surface area contributed by atoms with Crippen LogP contribution in [0.25, 0.3) is 0 Å². The summed E-state index contributed by atoms with van der Waals surface area (Å²) in [6.45, 7) is 6.14. The first kappa shape index (κ1) is 26.9. The number of carbonyl (C=O) groups excluding carboxylic acids is 2. The van der Waals surface area contributed by atoms with E-state index in [4.69, 9.17) is 14.2 Å². The number of methoxy groups -OCH3 is 2. The first-order valence-corrected chi connectivity index (χ1v) is 12.5. The van der Waals surface area contributed by atoms with Gasteiger partial charge in [-0.05, 0) is 32.0 Å². The van der Waals surface area contributed by atoms with Crippen molar-refractivity contribution in [3.8, 4) is 5.75 Å². The molecule has 1 aliphatic heterocycles. The summed E-state index contributed by atoms with van der Waals surface area (Å²) in [6, 6.07) is 4.27. The van der Waals surface area contributed by atoms with Crippen LogP contribution in [0.15, 0.2) is 18.2 Å². The van der Waals surface area contributed by atoms with Gasteiger partial charge in [0, 0.05) is 46.0 Å². The van der Waals surface area contributed by atoms with Gasteiger partial charge in [-0.1, -0.05) is 6.92 Å². The molecule has 33 heavy (non-hydrogen) atoms. The van der Waals surface area contributed by atoms with Gasteiger partial charge < -0.3 is 24.0 Å². The summed E-state index contributed by atoms with van der Waals surface area (Å²) in [5.41, 5.74) is 0.494. The van der Waals surface area contributed by atoms with Crippen LogP contribution in [-0.2, 0) is 24.3 Å². The number of ether oxygens (including phenoxy) is 3. The maximum atomic E-state index is 13.3. The predicted molar refractivity (Wildman–Crippen MR) is 125 cm³/mol. The fraction of sp³-hybridized carbons (Fsp3) is 0.636. The van der Waals surface area contributed by atoms with Gasteiger partial charge in [0.05, 0.1) is 23.5 Å². The molecule has 3 atom stereocenters. The molecule has 0 radical (unpaired) electrons. The number of likely N-dealkylation sites (N-methyl/N-ethyl adjacent to an activating group) is 1. The maximum Gasteiger partial charge on any atom is 0.257 e. The Bertz CT molecular complexity index is 938. The van der Waals surface area contributed by atoms with Crippen molar-refractivity contribution in [1.82, 2.24) is 9.80 Å². The third kappa shape index (κ3) is 7.05. The number of amides is 2. The highest BCUT2D eigenvalue weighted by atomic mass is 32.2. The van der Waals surface area contributed by atoms with E-state index in [1.165, 1.54) is 25.0 Å². The zero-order valence-corrected chi connectivity index (χ0v) is 21.0. The summed E-state index contributed by atoms with van der Waals surface area (Å²) in [5.74, 6) is -0.348. The molecule has 0 fully saturated rings. The number of nitrogens with zero attached hydrogens (tertiary/aromatic N) is 2. The van der Waals surface area contributed by atoms with Crippen LogP contribution in [0.4, 0.5) is 5.69 Å². The number of fused-ring (bicyclic) bond motifs is 1. The Morgan fingerprint density at radius 3 is 2.55 bits per heavy atom. The van der Waals surface area contributed by atoms with Crippen LogP contribution in [0.5, 0.6) is 5.75 Å². The van der Waals surface area contributed by atoms with Crippen LogP contribution in [-0.4, -0.2) is 95.5 Å². The molecule has 11 heteroatoms. The number of hydrogen-bond donors (Lipinski definition) is 1. The number of hydrogen-bond acceptors (Lipinski definition) is 7. The number of sulfonamides is 1. The Kier molecular flexibility index (Phi) is 9.50. The Balaban J connectivity index is 2.47. The van der Waals surface area contributed by atoms with Crippen LogP contribution in [0.3, 0.4) is 0 Å². The molecule has 10 nitrogen and oxygen atoms in total. The van der Waals surface area contributed by atoms with E-state index in [0.717, 1.165) is 0 Å². The summed E-state index contributed by atoms with van der Waals surface area (Å²) in [4.78, 5) is 29.2. The average Bonchev–Trinajstić information content (AvgIpc) is 2.78. The van der Waals surface area contributed by atoms with Crippen LogP contribution >= 0.6 is 0 Å². The fourth-order valence-electron chi connectivity index (χ4n) is 3.65. The highest BCUT2D eigenvalue weighted by Gasteiger charge is 2.30. The van der Waals surface area contributed by atoms with E-state index in [-0.39, 0.29) is 66.6 Å². The Morgan fingerprint density at radius 2 is 1.94 bits per heavy atom. The van der Waals surface area contributed by atoms with E-state index in [1.807, 2.05) is 13.8 Å².